The van der Waals surface area contributed by atoms with Gasteiger partial charge in [-0.15, -0.1) is 0 Å². The van der Waals surface area contributed by atoms with Crippen LogP contribution in [0.2, 0.25) is 0 Å². The monoisotopic (exact) mass is 291 g/mol. The smallest absolute Gasteiger partial charge is 0.315 e. The number of methoxy groups -OCH3 is 1. The van der Waals surface area contributed by atoms with Crippen LogP contribution in [-0.2, 0) is 9.59 Å². The summed E-state index contributed by atoms with van der Waals surface area (Å²) in [5, 5.41) is 8.91. The Balaban J connectivity index is 1.96. The minimum Gasteiger partial charge on any atom is -0.497 e. The largest absolute Gasteiger partial charge is 0.497 e. The molecule has 1 aliphatic rings. The van der Waals surface area contributed by atoms with Crippen molar-refractivity contribution in [2.45, 2.75) is 25.7 Å². The number of carboxylic acid groups (broad SMARTS) is 1. The van der Waals surface area contributed by atoms with Gasteiger partial charge in [-0.3, -0.25) is 9.59 Å². The summed E-state index contributed by atoms with van der Waals surface area (Å²) in [6, 6.07) is 7.99. The van der Waals surface area contributed by atoms with Gasteiger partial charge in [-0.05, 0) is 43.4 Å². The van der Waals surface area contributed by atoms with Gasteiger partial charge < -0.3 is 14.7 Å². The fraction of sp³-hybridized carbons (Fsp3) is 0.500. The maximum absolute atomic E-state index is 12.0. The number of carbonyl (C=O) groups excluding carboxylic acids is 1. The first kappa shape index (κ1) is 15.4. The van der Waals surface area contributed by atoms with Gasteiger partial charge in [-0.25, -0.2) is 0 Å². The Labute approximate surface area is 124 Å². The molecule has 1 heterocycles. The summed E-state index contributed by atoms with van der Waals surface area (Å²) in [6.45, 7) is 2.66. The molecular formula is C16H21NO4. The number of aliphatic carboxylic acids is 1. The number of rotatable bonds is 4. The molecule has 5 heteroatoms. The summed E-state index contributed by atoms with van der Waals surface area (Å²) in [7, 11) is 1.65. The Kier molecular flexibility index (Phi) is 4.83. The number of hydrogen-bond donors (Lipinski definition) is 1. The summed E-state index contributed by atoms with van der Waals surface area (Å²) in [4.78, 5) is 24.5. The second-order valence-electron chi connectivity index (χ2n) is 5.44. The van der Waals surface area contributed by atoms with Crippen LogP contribution in [-0.4, -0.2) is 42.1 Å². The van der Waals surface area contributed by atoms with Crippen LogP contribution in [0.5, 0.6) is 5.75 Å². The summed E-state index contributed by atoms with van der Waals surface area (Å²) >= 11 is 0. The molecule has 114 valence electrons. The molecule has 1 unspecified atom stereocenters. The maximum Gasteiger partial charge on any atom is 0.315 e. The van der Waals surface area contributed by atoms with E-state index in [9.17, 15) is 9.59 Å². The van der Waals surface area contributed by atoms with Crippen molar-refractivity contribution in [1.82, 2.24) is 4.90 Å². The van der Waals surface area contributed by atoms with Crippen LogP contribution in [0.25, 0.3) is 0 Å². The van der Waals surface area contributed by atoms with Crippen molar-refractivity contribution in [3.63, 3.8) is 0 Å². The van der Waals surface area contributed by atoms with Crippen molar-refractivity contribution in [1.29, 1.82) is 0 Å². The van der Waals surface area contributed by atoms with Crippen molar-refractivity contribution >= 4 is 11.9 Å². The highest BCUT2D eigenvalue weighted by atomic mass is 16.5. The van der Waals surface area contributed by atoms with E-state index >= 15 is 0 Å². The van der Waals surface area contributed by atoms with E-state index in [0.717, 1.165) is 18.6 Å². The van der Waals surface area contributed by atoms with Crippen LogP contribution >= 0.6 is 0 Å². The first-order chi connectivity index (χ1) is 10.0. The van der Waals surface area contributed by atoms with Crippen LogP contribution in [0.3, 0.4) is 0 Å². The average Bonchev–Trinajstić information content (AvgIpc) is 2.53. The van der Waals surface area contributed by atoms with Gasteiger partial charge in [-0.1, -0.05) is 12.1 Å². The molecule has 1 fully saturated rings. The predicted octanol–water partition coefficient (Wildman–Crippen LogP) is 2.12. The molecule has 1 aromatic rings. The molecular weight excluding hydrogens is 270 g/mol. The molecule has 0 aromatic heterocycles. The normalized spacial score (nSPS) is 17.3. The first-order valence-electron chi connectivity index (χ1n) is 7.18. The Morgan fingerprint density at radius 2 is 2.00 bits per heavy atom. The summed E-state index contributed by atoms with van der Waals surface area (Å²) in [6.07, 6.45) is 1.70. The first-order valence-corrected chi connectivity index (χ1v) is 7.18. The number of nitrogens with zero attached hydrogens (tertiary/aromatic N) is 1. The van der Waals surface area contributed by atoms with E-state index in [0.29, 0.717) is 19.0 Å². The number of hydrogen-bond acceptors (Lipinski definition) is 3. The fourth-order valence-corrected chi connectivity index (χ4v) is 2.71. The molecule has 0 spiro atoms. The Morgan fingerprint density at radius 3 is 2.57 bits per heavy atom. The summed E-state index contributed by atoms with van der Waals surface area (Å²) in [5.41, 5.74) is 1.22. The Hall–Kier alpha value is -2.04. The van der Waals surface area contributed by atoms with E-state index in [1.54, 1.807) is 12.0 Å². The number of benzene rings is 1. The average molecular weight is 291 g/mol. The minimum absolute atomic E-state index is 0.286. The second kappa shape index (κ2) is 6.61. The zero-order valence-corrected chi connectivity index (χ0v) is 12.4. The van der Waals surface area contributed by atoms with E-state index in [2.05, 4.69) is 6.07 Å². The van der Waals surface area contributed by atoms with Gasteiger partial charge in [-0.2, -0.15) is 0 Å². The van der Waals surface area contributed by atoms with Crippen molar-refractivity contribution in [2.24, 2.45) is 5.92 Å². The number of amides is 1. The number of carboxylic acids is 1. The molecule has 1 amide bonds. The van der Waals surface area contributed by atoms with Gasteiger partial charge in [0.1, 0.15) is 11.7 Å². The summed E-state index contributed by atoms with van der Waals surface area (Å²) < 4.78 is 5.23. The molecule has 1 aliphatic heterocycles. The molecule has 1 atom stereocenters. The van der Waals surface area contributed by atoms with E-state index in [4.69, 9.17) is 9.84 Å². The minimum atomic E-state index is -1.06. The van der Waals surface area contributed by atoms with Crippen molar-refractivity contribution in [2.75, 3.05) is 20.2 Å². The lowest BCUT2D eigenvalue weighted by Crippen LogP contribution is -2.42. The molecule has 0 radical (unpaired) electrons. The van der Waals surface area contributed by atoms with Gasteiger partial charge in [0.25, 0.3) is 0 Å². The molecule has 0 saturated carbocycles. The van der Waals surface area contributed by atoms with Crippen LogP contribution in [0.4, 0.5) is 0 Å². The molecule has 1 aromatic carbocycles. The number of likely N-dealkylation sites (tertiary alicyclic amines) is 1. The van der Waals surface area contributed by atoms with Crippen LogP contribution in [0, 0.1) is 5.92 Å². The highest BCUT2D eigenvalue weighted by molar-refractivity contribution is 5.96. The Morgan fingerprint density at radius 1 is 1.33 bits per heavy atom. The zero-order chi connectivity index (χ0) is 15.4. The third kappa shape index (κ3) is 3.54. The SMILES string of the molecule is COc1cccc(C2CCN(C(=O)C(C)C(=O)O)CC2)c1. The third-order valence-corrected chi connectivity index (χ3v) is 4.11. The highest BCUT2D eigenvalue weighted by Gasteiger charge is 2.29. The molecule has 1 saturated heterocycles. The lowest BCUT2D eigenvalue weighted by atomic mass is 9.89. The van der Waals surface area contributed by atoms with E-state index in [1.165, 1.54) is 12.5 Å². The van der Waals surface area contributed by atoms with Crippen molar-refractivity contribution in [3.05, 3.63) is 29.8 Å². The highest BCUT2D eigenvalue weighted by Crippen LogP contribution is 2.30. The van der Waals surface area contributed by atoms with E-state index in [-0.39, 0.29) is 5.91 Å². The van der Waals surface area contributed by atoms with Crippen LogP contribution < -0.4 is 4.74 Å². The summed E-state index contributed by atoms with van der Waals surface area (Å²) in [5.74, 6) is -1.07. The number of carbonyl (C=O) groups is 2. The maximum atomic E-state index is 12.0. The van der Waals surface area contributed by atoms with Gasteiger partial charge in [0.05, 0.1) is 7.11 Å². The van der Waals surface area contributed by atoms with Crippen molar-refractivity contribution < 1.29 is 19.4 Å². The van der Waals surface area contributed by atoms with Gasteiger partial charge in [0.2, 0.25) is 5.91 Å². The quantitative estimate of drug-likeness (QED) is 0.863. The Bertz CT molecular complexity index is 521. The standard InChI is InChI=1S/C16H21NO4/c1-11(16(19)20)15(18)17-8-6-12(7-9-17)13-4-3-5-14(10-13)21-2/h3-5,10-12H,6-9H2,1-2H3,(H,19,20). The van der Waals surface area contributed by atoms with Gasteiger partial charge >= 0.3 is 5.97 Å². The molecule has 2 rings (SSSR count). The topological polar surface area (TPSA) is 66.8 Å². The van der Waals surface area contributed by atoms with Gasteiger partial charge in [0.15, 0.2) is 0 Å². The molecule has 0 bridgehead atoms. The second-order valence-corrected chi connectivity index (χ2v) is 5.44. The van der Waals surface area contributed by atoms with Crippen LogP contribution in [0.1, 0.15) is 31.2 Å². The predicted molar refractivity (Wildman–Crippen MR) is 78.3 cm³/mol. The number of ether oxygens (including phenoxy) is 1. The zero-order valence-electron chi connectivity index (χ0n) is 12.4. The molecule has 0 aliphatic carbocycles. The lowest BCUT2D eigenvalue weighted by Gasteiger charge is -2.33. The molecule has 5 nitrogen and oxygen atoms in total. The lowest BCUT2D eigenvalue weighted by molar-refractivity contribution is -0.150. The third-order valence-electron chi connectivity index (χ3n) is 4.11. The fourth-order valence-electron chi connectivity index (χ4n) is 2.71. The molecule has 1 N–H and O–H groups in total. The van der Waals surface area contributed by atoms with E-state index < -0.39 is 11.9 Å². The molecule has 21 heavy (non-hydrogen) atoms. The number of piperidine rings is 1. The van der Waals surface area contributed by atoms with E-state index in [1.807, 2.05) is 18.2 Å². The van der Waals surface area contributed by atoms with Crippen molar-refractivity contribution in [3.8, 4) is 5.75 Å². The van der Waals surface area contributed by atoms with Crippen LogP contribution in [0.15, 0.2) is 24.3 Å². The van der Waals surface area contributed by atoms with Gasteiger partial charge in [0, 0.05) is 13.1 Å².